The Balaban J connectivity index is 3.08. The van der Waals surface area contributed by atoms with E-state index in [-0.39, 0.29) is 0 Å². The molecule has 54 valence electrons. The summed E-state index contributed by atoms with van der Waals surface area (Å²) in [5.41, 5.74) is 0.0869. The Morgan fingerprint density at radius 3 is 2.30 bits per heavy atom. The summed E-state index contributed by atoms with van der Waals surface area (Å²) < 4.78 is 22.2. The SMILES string of the molecule is [2H]C([2H])([2H])C(C)(C)c1ccccc1. The summed E-state index contributed by atoms with van der Waals surface area (Å²) in [6.45, 7) is 1.54. The normalized spacial score (nSPS) is 17.2. The molecule has 1 rings (SSSR count). The van der Waals surface area contributed by atoms with Crippen LogP contribution in [-0.4, -0.2) is 0 Å². The van der Waals surface area contributed by atoms with Gasteiger partial charge in [0.25, 0.3) is 0 Å². The first-order valence-electron chi connectivity index (χ1n) is 4.91. The van der Waals surface area contributed by atoms with Gasteiger partial charge in [0, 0.05) is 4.11 Å². The van der Waals surface area contributed by atoms with Crippen LogP contribution < -0.4 is 0 Å². The third kappa shape index (κ3) is 1.60. The second-order valence-corrected chi connectivity index (χ2v) is 2.99. The molecule has 1 aromatic rings. The molecule has 1 aromatic carbocycles. The van der Waals surface area contributed by atoms with Gasteiger partial charge in [0.05, 0.1) is 0 Å². The van der Waals surface area contributed by atoms with Crippen LogP contribution in [-0.2, 0) is 5.41 Å². The van der Waals surface area contributed by atoms with Gasteiger partial charge in [0.1, 0.15) is 0 Å². The van der Waals surface area contributed by atoms with Crippen LogP contribution in [0.25, 0.3) is 0 Å². The molecule has 0 aliphatic carbocycles. The van der Waals surface area contributed by atoms with Crippen molar-refractivity contribution in [2.75, 3.05) is 0 Å². The van der Waals surface area contributed by atoms with Crippen LogP contribution in [0.5, 0.6) is 0 Å². The topological polar surface area (TPSA) is 0 Å². The van der Waals surface area contributed by atoms with Crippen LogP contribution in [0.4, 0.5) is 0 Å². The van der Waals surface area contributed by atoms with Crippen LogP contribution in [0.2, 0.25) is 0 Å². The minimum Gasteiger partial charge on any atom is -0.0622 e. The minimum absolute atomic E-state index is 0.770. The lowest BCUT2D eigenvalue weighted by Crippen LogP contribution is -2.10. The Hall–Kier alpha value is -0.780. The van der Waals surface area contributed by atoms with E-state index in [1.54, 1.807) is 13.8 Å². The number of hydrogen-bond donors (Lipinski definition) is 0. The molecule has 0 unspecified atom stereocenters. The second kappa shape index (κ2) is 2.45. The smallest absolute Gasteiger partial charge is 0.0239 e. The largest absolute Gasteiger partial charge is 0.0622 e. The molecule has 0 aliphatic rings. The monoisotopic (exact) mass is 137 g/mol. The Morgan fingerprint density at radius 1 is 1.20 bits per heavy atom. The van der Waals surface area contributed by atoms with Gasteiger partial charge in [-0.05, 0) is 11.0 Å². The highest BCUT2D eigenvalue weighted by Crippen LogP contribution is 2.20. The van der Waals surface area contributed by atoms with Crippen molar-refractivity contribution in [2.24, 2.45) is 0 Å². The average Bonchev–Trinajstić information content (AvgIpc) is 2.04. The van der Waals surface area contributed by atoms with Gasteiger partial charge in [-0.2, -0.15) is 0 Å². The Morgan fingerprint density at radius 2 is 1.80 bits per heavy atom. The van der Waals surface area contributed by atoms with Crippen LogP contribution in [0.1, 0.15) is 30.4 Å². The van der Waals surface area contributed by atoms with Crippen LogP contribution >= 0.6 is 0 Å². The molecule has 0 radical (unpaired) electrons. The lowest BCUT2D eigenvalue weighted by Gasteiger charge is -2.18. The lowest BCUT2D eigenvalue weighted by atomic mass is 9.87. The summed E-state index contributed by atoms with van der Waals surface area (Å²) in [5, 5.41) is 0. The van der Waals surface area contributed by atoms with E-state index in [1.165, 1.54) is 0 Å². The summed E-state index contributed by atoms with van der Waals surface area (Å²) in [6.07, 6.45) is 0. The van der Waals surface area contributed by atoms with E-state index in [0.717, 1.165) is 5.56 Å². The van der Waals surface area contributed by atoms with Gasteiger partial charge in [0.2, 0.25) is 0 Å². The zero-order chi connectivity index (χ0) is 10.1. The first-order valence-corrected chi connectivity index (χ1v) is 3.41. The van der Waals surface area contributed by atoms with Crippen molar-refractivity contribution in [2.45, 2.75) is 26.1 Å². The molecule has 0 bridgehead atoms. The predicted molar refractivity (Wildman–Crippen MR) is 45.1 cm³/mol. The molecular formula is C10H14. The fourth-order valence-electron chi connectivity index (χ4n) is 0.855. The van der Waals surface area contributed by atoms with Gasteiger partial charge in [-0.1, -0.05) is 51.0 Å². The number of hydrogen-bond acceptors (Lipinski definition) is 0. The molecule has 0 spiro atoms. The van der Waals surface area contributed by atoms with Crippen molar-refractivity contribution in [3.05, 3.63) is 35.9 Å². The molecule has 0 nitrogen and oxygen atoms in total. The standard InChI is InChI=1S/C10H14/c1-10(2,3)9-7-5-4-6-8-9/h4-8H,1-3H3/i1D3. The van der Waals surface area contributed by atoms with Crippen molar-refractivity contribution in [3.8, 4) is 0 Å². The van der Waals surface area contributed by atoms with E-state index in [0.29, 0.717) is 0 Å². The first kappa shape index (κ1) is 4.17. The van der Waals surface area contributed by atoms with Gasteiger partial charge < -0.3 is 0 Å². The van der Waals surface area contributed by atoms with E-state index >= 15 is 0 Å². The van der Waals surface area contributed by atoms with Gasteiger partial charge in [-0.3, -0.25) is 0 Å². The molecule has 0 saturated heterocycles. The van der Waals surface area contributed by atoms with E-state index in [4.69, 9.17) is 4.11 Å². The third-order valence-corrected chi connectivity index (χ3v) is 1.50. The van der Waals surface area contributed by atoms with Crippen LogP contribution in [0, 0.1) is 0 Å². The maximum Gasteiger partial charge on any atom is 0.0239 e. The summed E-state index contributed by atoms with van der Waals surface area (Å²) in [7, 11) is 0. The molecule has 0 aromatic heterocycles. The molecular weight excluding hydrogens is 120 g/mol. The minimum atomic E-state index is -1.95. The fraction of sp³-hybridized carbons (Fsp3) is 0.400. The van der Waals surface area contributed by atoms with Gasteiger partial charge in [0.15, 0.2) is 0 Å². The molecule has 0 heteroatoms. The second-order valence-electron chi connectivity index (χ2n) is 2.99. The van der Waals surface area contributed by atoms with Crippen LogP contribution in [0.3, 0.4) is 0 Å². The molecule has 0 saturated carbocycles. The Kier molecular flexibility index (Phi) is 1.02. The molecule has 0 aliphatic heterocycles. The summed E-state index contributed by atoms with van der Waals surface area (Å²) in [5.74, 6) is 0. The highest BCUT2D eigenvalue weighted by molar-refractivity contribution is 5.21. The molecule has 0 heterocycles. The van der Waals surface area contributed by atoms with E-state index in [9.17, 15) is 0 Å². The molecule has 10 heavy (non-hydrogen) atoms. The molecule has 0 amide bonds. The first-order chi connectivity index (χ1) is 5.86. The molecule has 0 N–H and O–H groups in total. The number of rotatable bonds is 0. The van der Waals surface area contributed by atoms with Crippen molar-refractivity contribution >= 4 is 0 Å². The lowest BCUT2D eigenvalue weighted by molar-refractivity contribution is 0.590. The highest BCUT2D eigenvalue weighted by atomic mass is 14.2. The molecule has 0 atom stereocenters. The predicted octanol–water partition coefficient (Wildman–Crippen LogP) is 2.98. The zero-order valence-corrected chi connectivity index (χ0v) is 6.39. The third-order valence-electron chi connectivity index (χ3n) is 1.50. The average molecular weight is 137 g/mol. The Bertz CT molecular complexity index is 272. The Labute approximate surface area is 67.1 Å². The highest BCUT2D eigenvalue weighted by Gasteiger charge is 2.11. The van der Waals surface area contributed by atoms with Gasteiger partial charge in [-0.25, -0.2) is 0 Å². The van der Waals surface area contributed by atoms with Crippen molar-refractivity contribution < 1.29 is 4.11 Å². The van der Waals surface area contributed by atoms with E-state index in [2.05, 4.69) is 0 Å². The summed E-state index contributed by atoms with van der Waals surface area (Å²) >= 11 is 0. The maximum absolute atomic E-state index is 7.41. The van der Waals surface area contributed by atoms with E-state index < -0.39 is 12.3 Å². The van der Waals surface area contributed by atoms with E-state index in [1.807, 2.05) is 30.3 Å². The van der Waals surface area contributed by atoms with Crippen molar-refractivity contribution in [1.29, 1.82) is 0 Å². The summed E-state index contributed by atoms with van der Waals surface area (Å²) in [4.78, 5) is 0. The van der Waals surface area contributed by atoms with Crippen molar-refractivity contribution in [3.63, 3.8) is 0 Å². The number of benzene rings is 1. The quantitative estimate of drug-likeness (QED) is 0.515. The van der Waals surface area contributed by atoms with Gasteiger partial charge in [-0.15, -0.1) is 0 Å². The molecule has 0 fully saturated rings. The van der Waals surface area contributed by atoms with Crippen LogP contribution in [0.15, 0.2) is 30.3 Å². The van der Waals surface area contributed by atoms with Crippen molar-refractivity contribution in [1.82, 2.24) is 0 Å². The summed E-state index contributed by atoms with van der Waals surface area (Å²) in [6, 6.07) is 9.32. The zero-order valence-electron chi connectivity index (χ0n) is 9.39. The maximum atomic E-state index is 7.41. The van der Waals surface area contributed by atoms with Gasteiger partial charge >= 0.3 is 0 Å². The fourth-order valence-corrected chi connectivity index (χ4v) is 0.855.